The smallest absolute Gasteiger partial charge is 0.251 e. The van der Waals surface area contributed by atoms with Gasteiger partial charge in [0.2, 0.25) is 10.0 Å². The van der Waals surface area contributed by atoms with E-state index in [1.807, 2.05) is 31.2 Å². The van der Waals surface area contributed by atoms with E-state index in [9.17, 15) is 13.2 Å². The third kappa shape index (κ3) is 5.68. The maximum Gasteiger partial charge on any atom is 0.251 e. The van der Waals surface area contributed by atoms with Crippen LogP contribution in [0.4, 0.5) is 0 Å². The highest BCUT2D eigenvalue weighted by Gasteiger charge is 2.35. The summed E-state index contributed by atoms with van der Waals surface area (Å²) in [6.45, 7) is 4.05. The molecule has 3 rings (SSSR count). The Balaban J connectivity index is 1.76. The molecule has 0 saturated carbocycles. The van der Waals surface area contributed by atoms with Crippen LogP contribution in [0.15, 0.2) is 53.4 Å². The molecule has 0 spiro atoms. The van der Waals surface area contributed by atoms with Gasteiger partial charge < -0.3 is 14.8 Å². The summed E-state index contributed by atoms with van der Waals surface area (Å²) in [6, 6.07) is 13.8. The molecule has 1 fully saturated rings. The number of nitrogens with one attached hydrogen (secondary N) is 2. The van der Waals surface area contributed by atoms with Crippen molar-refractivity contribution in [2.75, 3.05) is 32.9 Å². The molecule has 0 unspecified atom stereocenters. The van der Waals surface area contributed by atoms with Gasteiger partial charge in [-0.3, -0.25) is 4.79 Å². The first-order valence-electron chi connectivity index (χ1n) is 10.5. The Labute approximate surface area is 189 Å². The Kier molecular flexibility index (Phi) is 7.91. The number of sulfonamides is 1. The van der Waals surface area contributed by atoms with Crippen molar-refractivity contribution in [1.82, 2.24) is 10.0 Å². The first-order chi connectivity index (χ1) is 15.4. The molecule has 2 aromatic rings. The van der Waals surface area contributed by atoms with E-state index in [0.717, 1.165) is 24.2 Å². The highest BCUT2D eigenvalue weighted by Crippen LogP contribution is 2.35. The zero-order valence-electron chi connectivity index (χ0n) is 18.1. The van der Waals surface area contributed by atoms with Crippen LogP contribution in [0.3, 0.4) is 0 Å². The van der Waals surface area contributed by atoms with Crippen molar-refractivity contribution in [2.45, 2.75) is 30.1 Å². The molecule has 1 saturated heterocycles. The van der Waals surface area contributed by atoms with Gasteiger partial charge in [0.05, 0.1) is 18.0 Å². The maximum absolute atomic E-state index is 12.9. The Hall–Kier alpha value is -2.86. The summed E-state index contributed by atoms with van der Waals surface area (Å²) in [5.41, 5.74) is 1.11. The quantitative estimate of drug-likeness (QED) is 0.566. The summed E-state index contributed by atoms with van der Waals surface area (Å²) in [6.07, 6.45) is 6.67. The SMILES string of the molecule is C#CCNS(=O)(=O)c1cccc(C(=O)NCC2(c3ccc(OCC)cc3)CCOCC2)c1. The minimum Gasteiger partial charge on any atom is -0.494 e. The summed E-state index contributed by atoms with van der Waals surface area (Å²) < 4.78 is 38.0. The summed E-state index contributed by atoms with van der Waals surface area (Å²) in [4.78, 5) is 12.9. The Morgan fingerprint density at radius 2 is 1.91 bits per heavy atom. The van der Waals surface area contributed by atoms with E-state index in [-0.39, 0.29) is 28.3 Å². The fourth-order valence-corrected chi connectivity index (χ4v) is 4.76. The standard InChI is InChI=1S/C24H28N2O5S/c1-3-14-26-32(28,29)22-7-5-6-19(17-22)23(27)25-18-24(12-15-30-16-13-24)20-8-10-21(11-9-20)31-4-2/h1,5-11,17,26H,4,12-16,18H2,2H3,(H,25,27). The highest BCUT2D eigenvalue weighted by molar-refractivity contribution is 7.89. The van der Waals surface area contributed by atoms with E-state index in [4.69, 9.17) is 15.9 Å². The lowest BCUT2D eigenvalue weighted by molar-refractivity contribution is 0.0487. The van der Waals surface area contributed by atoms with Gasteiger partial charge in [-0.05, 0) is 55.7 Å². The average molecular weight is 457 g/mol. The summed E-state index contributed by atoms with van der Waals surface area (Å²) in [5.74, 6) is 2.70. The van der Waals surface area contributed by atoms with Gasteiger partial charge in [-0.1, -0.05) is 24.1 Å². The zero-order valence-corrected chi connectivity index (χ0v) is 18.9. The van der Waals surface area contributed by atoms with Gasteiger partial charge in [0.25, 0.3) is 5.91 Å². The van der Waals surface area contributed by atoms with Crippen molar-refractivity contribution >= 4 is 15.9 Å². The van der Waals surface area contributed by atoms with E-state index >= 15 is 0 Å². The van der Waals surface area contributed by atoms with Gasteiger partial charge >= 0.3 is 0 Å². The predicted molar refractivity (Wildman–Crippen MR) is 122 cm³/mol. The molecule has 0 bridgehead atoms. The van der Waals surface area contributed by atoms with Crippen LogP contribution in [-0.2, 0) is 20.2 Å². The van der Waals surface area contributed by atoms with Crippen LogP contribution in [0.2, 0.25) is 0 Å². The number of carbonyl (C=O) groups is 1. The normalized spacial score (nSPS) is 15.5. The lowest BCUT2D eigenvalue weighted by Gasteiger charge is -2.38. The molecule has 1 amide bonds. The largest absolute Gasteiger partial charge is 0.494 e. The van der Waals surface area contributed by atoms with Crippen LogP contribution < -0.4 is 14.8 Å². The number of carbonyl (C=O) groups excluding carboxylic acids is 1. The van der Waals surface area contributed by atoms with Gasteiger partial charge in [0.15, 0.2) is 0 Å². The summed E-state index contributed by atoms with van der Waals surface area (Å²) in [5, 5.41) is 3.00. The van der Waals surface area contributed by atoms with E-state index < -0.39 is 10.0 Å². The molecule has 1 aliphatic heterocycles. The van der Waals surface area contributed by atoms with Gasteiger partial charge in [0, 0.05) is 30.7 Å². The van der Waals surface area contributed by atoms with Crippen LogP contribution in [0.5, 0.6) is 5.75 Å². The molecule has 1 heterocycles. The van der Waals surface area contributed by atoms with Crippen LogP contribution in [0.25, 0.3) is 0 Å². The van der Waals surface area contributed by atoms with E-state index in [1.165, 1.54) is 18.2 Å². The minimum absolute atomic E-state index is 0.00677. The summed E-state index contributed by atoms with van der Waals surface area (Å²) >= 11 is 0. The fourth-order valence-electron chi connectivity index (χ4n) is 3.78. The van der Waals surface area contributed by atoms with Crippen LogP contribution in [0, 0.1) is 12.3 Å². The molecular weight excluding hydrogens is 428 g/mol. The second kappa shape index (κ2) is 10.6. The second-order valence-corrected chi connectivity index (χ2v) is 9.36. The lowest BCUT2D eigenvalue weighted by Crippen LogP contribution is -2.44. The molecule has 0 aromatic heterocycles. The molecule has 7 nitrogen and oxygen atoms in total. The second-order valence-electron chi connectivity index (χ2n) is 7.59. The minimum atomic E-state index is -3.78. The van der Waals surface area contributed by atoms with Crippen molar-refractivity contribution in [3.8, 4) is 18.1 Å². The number of terminal acetylenes is 1. The van der Waals surface area contributed by atoms with Gasteiger partial charge in [-0.15, -0.1) is 6.42 Å². The molecule has 2 aromatic carbocycles. The van der Waals surface area contributed by atoms with Gasteiger partial charge in [-0.25, -0.2) is 8.42 Å². The molecule has 0 radical (unpaired) electrons. The number of ether oxygens (including phenoxy) is 2. The van der Waals surface area contributed by atoms with Gasteiger partial charge in [0.1, 0.15) is 5.75 Å². The fraction of sp³-hybridized carbons (Fsp3) is 0.375. The number of amides is 1. The third-order valence-electron chi connectivity index (χ3n) is 5.59. The number of hydrogen-bond acceptors (Lipinski definition) is 5. The monoisotopic (exact) mass is 456 g/mol. The van der Waals surface area contributed by atoms with Crippen LogP contribution in [0.1, 0.15) is 35.7 Å². The zero-order chi connectivity index (χ0) is 23.0. The molecule has 32 heavy (non-hydrogen) atoms. The Morgan fingerprint density at radius 1 is 1.19 bits per heavy atom. The average Bonchev–Trinajstić information content (AvgIpc) is 2.82. The van der Waals surface area contributed by atoms with Crippen LogP contribution in [-0.4, -0.2) is 47.2 Å². The number of rotatable bonds is 9. The molecule has 1 aliphatic rings. The lowest BCUT2D eigenvalue weighted by atomic mass is 9.74. The highest BCUT2D eigenvalue weighted by atomic mass is 32.2. The number of benzene rings is 2. The molecule has 8 heteroatoms. The molecule has 0 aliphatic carbocycles. The van der Waals surface area contributed by atoms with Crippen LogP contribution >= 0.6 is 0 Å². The van der Waals surface area contributed by atoms with E-state index in [1.54, 1.807) is 6.07 Å². The van der Waals surface area contributed by atoms with Crippen molar-refractivity contribution in [1.29, 1.82) is 0 Å². The third-order valence-corrected chi connectivity index (χ3v) is 6.98. The first-order valence-corrected chi connectivity index (χ1v) is 12.0. The topological polar surface area (TPSA) is 93.7 Å². The predicted octanol–water partition coefficient (Wildman–Crippen LogP) is 2.47. The molecule has 0 atom stereocenters. The van der Waals surface area contributed by atoms with E-state index in [0.29, 0.717) is 26.4 Å². The van der Waals surface area contributed by atoms with Crippen molar-refractivity contribution in [3.05, 3.63) is 59.7 Å². The van der Waals surface area contributed by atoms with Crippen molar-refractivity contribution in [2.24, 2.45) is 0 Å². The molecular formula is C24H28N2O5S. The van der Waals surface area contributed by atoms with E-state index in [2.05, 4.69) is 16.0 Å². The molecule has 2 N–H and O–H groups in total. The summed E-state index contributed by atoms with van der Waals surface area (Å²) in [7, 11) is -3.78. The Morgan fingerprint density at radius 3 is 2.56 bits per heavy atom. The van der Waals surface area contributed by atoms with Crippen molar-refractivity contribution in [3.63, 3.8) is 0 Å². The Bertz CT molecular complexity index is 1070. The molecule has 170 valence electrons. The van der Waals surface area contributed by atoms with Gasteiger partial charge in [-0.2, -0.15) is 4.72 Å². The number of hydrogen-bond donors (Lipinski definition) is 2. The maximum atomic E-state index is 12.9. The first kappa shape index (κ1) is 23.8. The van der Waals surface area contributed by atoms with Crippen molar-refractivity contribution < 1.29 is 22.7 Å².